The first-order valence-electron chi connectivity index (χ1n) is 2.23. The van der Waals surface area contributed by atoms with Crippen molar-refractivity contribution in [2.45, 2.75) is 0 Å². The average molecular weight is 331 g/mol. The fraction of sp³-hybridized carbons (Fsp3) is 0. The van der Waals surface area contributed by atoms with E-state index in [0.717, 1.165) is 0 Å². The SMILES string of the molecule is [Te]c1cccc([Te])c1. The van der Waals surface area contributed by atoms with Crippen molar-refractivity contribution in [3.63, 3.8) is 0 Å². The summed E-state index contributed by atoms with van der Waals surface area (Å²) in [5.74, 6) is 0. The minimum atomic E-state index is 1.35. The predicted molar refractivity (Wildman–Crippen MR) is 37.2 cm³/mol. The van der Waals surface area contributed by atoms with Crippen molar-refractivity contribution in [1.29, 1.82) is 0 Å². The van der Waals surface area contributed by atoms with Gasteiger partial charge in [-0.15, -0.1) is 0 Å². The van der Waals surface area contributed by atoms with Crippen molar-refractivity contribution in [2.24, 2.45) is 0 Å². The molecule has 2 heteroatoms. The Bertz CT molecular complexity index is 166. The van der Waals surface area contributed by atoms with Crippen LogP contribution >= 0.6 is 0 Å². The Kier molecular flexibility index (Phi) is 2.67. The number of rotatable bonds is 0. The molecule has 0 nitrogen and oxygen atoms in total. The third-order valence-corrected chi connectivity index (χ3v) is 2.26. The standard InChI is InChI=1S/C6H4Te2/c7-5-2-1-3-6(8)4-5/h1-4H. The van der Waals surface area contributed by atoms with Crippen LogP contribution in [0.25, 0.3) is 0 Å². The van der Waals surface area contributed by atoms with E-state index in [0.29, 0.717) is 0 Å². The maximum atomic E-state index is 2.18. The average Bonchev–Trinajstić information content (AvgIpc) is 1.64. The molecule has 0 N–H and O–H groups in total. The van der Waals surface area contributed by atoms with Crippen molar-refractivity contribution in [2.75, 3.05) is 0 Å². The van der Waals surface area contributed by atoms with E-state index < -0.39 is 0 Å². The van der Waals surface area contributed by atoms with Crippen LogP contribution in [0.5, 0.6) is 0 Å². The van der Waals surface area contributed by atoms with Gasteiger partial charge in [-0.05, 0) is 0 Å². The number of hydrogen-bond acceptors (Lipinski definition) is 0. The van der Waals surface area contributed by atoms with E-state index in [2.05, 4.69) is 24.3 Å². The molecular formula is C6H4Te2. The molecule has 2 radical (unpaired) electrons. The first-order valence-corrected chi connectivity index (χ1v) is 4.56. The quantitative estimate of drug-likeness (QED) is 0.550. The second-order valence-corrected chi connectivity index (χ2v) is 4.17. The molecule has 0 heterocycles. The first kappa shape index (κ1) is 6.91. The van der Waals surface area contributed by atoms with Crippen LogP contribution in [-0.4, -0.2) is 44.6 Å². The summed E-state index contributed by atoms with van der Waals surface area (Å²) in [5.41, 5.74) is 0. The zero-order chi connectivity index (χ0) is 5.98. The summed E-state index contributed by atoms with van der Waals surface area (Å²) in [4.78, 5) is 0. The molecule has 0 aliphatic carbocycles. The van der Waals surface area contributed by atoms with Crippen molar-refractivity contribution in [3.8, 4) is 0 Å². The van der Waals surface area contributed by atoms with Gasteiger partial charge in [0.15, 0.2) is 0 Å². The van der Waals surface area contributed by atoms with Crippen LogP contribution in [0, 0.1) is 0 Å². The Balaban J connectivity index is 3.08. The van der Waals surface area contributed by atoms with E-state index in [-0.39, 0.29) is 0 Å². The molecule has 0 aromatic heterocycles. The Hall–Kier alpha value is 0.799. The fourth-order valence-electron chi connectivity index (χ4n) is 0.474. The van der Waals surface area contributed by atoms with Gasteiger partial charge in [0.2, 0.25) is 0 Å². The Morgan fingerprint density at radius 3 is 1.75 bits per heavy atom. The Morgan fingerprint density at radius 1 is 1.00 bits per heavy atom. The fourth-order valence-corrected chi connectivity index (χ4v) is 2.37. The first-order chi connectivity index (χ1) is 3.79. The van der Waals surface area contributed by atoms with E-state index in [4.69, 9.17) is 0 Å². The van der Waals surface area contributed by atoms with Gasteiger partial charge in [0, 0.05) is 0 Å². The summed E-state index contributed by atoms with van der Waals surface area (Å²) in [7, 11) is 0. The van der Waals surface area contributed by atoms with Crippen LogP contribution in [0.2, 0.25) is 0 Å². The molecule has 1 rings (SSSR count). The Morgan fingerprint density at radius 2 is 1.50 bits per heavy atom. The molecule has 8 heavy (non-hydrogen) atoms. The molecule has 0 amide bonds. The molecule has 40 valence electrons. The summed E-state index contributed by atoms with van der Waals surface area (Å²) < 4.78 is 2.70. The van der Waals surface area contributed by atoms with E-state index in [9.17, 15) is 0 Å². The molecule has 0 saturated heterocycles. The van der Waals surface area contributed by atoms with Gasteiger partial charge < -0.3 is 0 Å². The summed E-state index contributed by atoms with van der Waals surface area (Å²) in [6, 6.07) is 8.48. The minimum absolute atomic E-state index is 1.35. The van der Waals surface area contributed by atoms with Gasteiger partial charge in [0.05, 0.1) is 0 Å². The molecule has 0 saturated carbocycles. The van der Waals surface area contributed by atoms with Crippen LogP contribution in [0.15, 0.2) is 24.3 Å². The zero-order valence-corrected chi connectivity index (χ0v) is 8.79. The molecule has 0 unspecified atom stereocenters. The molecule has 0 atom stereocenters. The zero-order valence-electron chi connectivity index (χ0n) is 4.13. The van der Waals surface area contributed by atoms with Crippen molar-refractivity contribution >= 4 is 51.8 Å². The van der Waals surface area contributed by atoms with E-state index in [1.54, 1.807) is 0 Å². The molecule has 0 fully saturated rings. The molecular weight excluding hydrogens is 327 g/mol. The normalized spacial score (nSPS) is 9.00. The monoisotopic (exact) mass is 336 g/mol. The molecule has 1 aromatic rings. The van der Waals surface area contributed by atoms with Crippen LogP contribution in [-0.2, 0) is 0 Å². The van der Waals surface area contributed by atoms with Gasteiger partial charge in [0.1, 0.15) is 0 Å². The van der Waals surface area contributed by atoms with E-state index in [1.165, 1.54) is 7.22 Å². The van der Waals surface area contributed by atoms with Crippen LogP contribution in [0.4, 0.5) is 0 Å². The van der Waals surface area contributed by atoms with Crippen LogP contribution in [0.3, 0.4) is 0 Å². The third-order valence-electron chi connectivity index (χ3n) is 0.806. The summed E-state index contributed by atoms with van der Waals surface area (Å²) in [5, 5.41) is 0. The summed E-state index contributed by atoms with van der Waals surface area (Å²) >= 11 is 4.08. The second kappa shape index (κ2) is 3.09. The maximum absolute atomic E-state index is 2.18. The molecule has 0 bridgehead atoms. The number of hydrogen-bond donors (Lipinski definition) is 0. The molecule has 0 aliphatic rings. The third kappa shape index (κ3) is 1.96. The van der Waals surface area contributed by atoms with Gasteiger partial charge in [-0.25, -0.2) is 0 Å². The number of benzene rings is 1. The topological polar surface area (TPSA) is 0 Å². The van der Waals surface area contributed by atoms with Crippen LogP contribution in [0.1, 0.15) is 0 Å². The molecule has 1 aromatic carbocycles. The summed E-state index contributed by atoms with van der Waals surface area (Å²) in [6.45, 7) is 0. The van der Waals surface area contributed by atoms with Gasteiger partial charge in [-0.2, -0.15) is 0 Å². The molecule has 0 aliphatic heterocycles. The van der Waals surface area contributed by atoms with Crippen molar-refractivity contribution in [3.05, 3.63) is 24.3 Å². The summed E-state index contributed by atoms with van der Waals surface area (Å²) in [6.07, 6.45) is 0. The second-order valence-electron chi connectivity index (χ2n) is 1.47. The van der Waals surface area contributed by atoms with Gasteiger partial charge in [0.25, 0.3) is 0 Å². The van der Waals surface area contributed by atoms with Gasteiger partial charge >= 0.3 is 76.1 Å². The predicted octanol–water partition coefficient (Wildman–Crippen LogP) is -0.726. The Labute approximate surface area is 75.5 Å². The van der Waals surface area contributed by atoms with Gasteiger partial charge in [-0.3, -0.25) is 0 Å². The van der Waals surface area contributed by atoms with Crippen molar-refractivity contribution in [1.82, 2.24) is 0 Å². The van der Waals surface area contributed by atoms with E-state index in [1.807, 2.05) is 44.6 Å². The van der Waals surface area contributed by atoms with E-state index >= 15 is 0 Å². The van der Waals surface area contributed by atoms with Gasteiger partial charge in [-0.1, -0.05) is 0 Å². The van der Waals surface area contributed by atoms with Crippen LogP contribution < -0.4 is 7.22 Å². The van der Waals surface area contributed by atoms with Crippen molar-refractivity contribution < 1.29 is 0 Å². The molecule has 0 spiro atoms.